The number of rotatable bonds is 7. The van der Waals surface area contributed by atoms with Gasteiger partial charge < -0.3 is 10.1 Å². The van der Waals surface area contributed by atoms with E-state index in [0.29, 0.717) is 19.8 Å². The predicted molar refractivity (Wildman–Crippen MR) is 87.0 cm³/mol. The number of amides is 1. The Hall–Kier alpha value is -2.32. The van der Waals surface area contributed by atoms with E-state index in [1.807, 2.05) is 18.3 Å². The Bertz CT molecular complexity index is 613. The molecular weight excluding hydrogens is 308 g/mol. The molecule has 1 atom stereocenters. The van der Waals surface area contributed by atoms with Gasteiger partial charge in [0, 0.05) is 44.8 Å². The first-order valence-electron chi connectivity index (χ1n) is 8.18. The summed E-state index contributed by atoms with van der Waals surface area (Å²) < 4.78 is 7.16. The number of hydrogen-bond donors (Lipinski definition) is 1. The molecule has 1 aliphatic rings. The summed E-state index contributed by atoms with van der Waals surface area (Å²) >= 11 is 0. The van der Waals surface area contributed by atoms with E-state index in [-0.39, 0.29) is 11.9 Å². The highest BCUT2D eigenvalue weighted by Crippen LogP contribution is 2.21. The van der Waals surface area contributed by atoms with Crippen LogP contribution in [0.2, 0.25) is 0 Å². The van der Waals surface area contributed by atoms with Crippen molar-refractivity contribution in [1.82, 2.24) is 30.2 Å². The van der Waals surface area contributed by atoms with Crippen LogP contribution in [-0.4, -0.2) is 63.6 Å². The van der Waals surface area contributed by atoms with Gasteiger partial charge in [-0.2, -0.15) is 0 Å². The quantitative estimate of drug-likeness (QED) is 0.733. The number of morpholine rings is 1. The second-order valence-corrected chi connectivity index (χ2v) is 5.65. The summed E-state index contributed by atoms with van der Waals surface area (Å²) in [6, 6.07) is 3.48. The molecule has 8 heteroatoms. The van der Waals surface area contributed by atoms with Gasteiger partial charge in [0.05, 0.1) is 19.4 Å². The molecule has 8 nitrogen and oxygen atoms in total. The van der Waals surface area contributed by atoms with Crippen LogP contribution < -0.4 is 5.32 Å². The Balaban J connectivity index is 1.58. The van der Waals surface area contributed by atoms with Crippen LogP contribution in [0.5, 0.6) is 0 Å². The van der Waals surface area contributed by atoms with Crippen LogP contribution >= 0.6 is 0 Å². The van der Waals surface area contributed by atoms with E-state index in [1.54, 1.807) is 23.3 Å². The highest BCUT2D eigenvalue weighted by Gasteiger charge is 2.28. The van der Waals surface area contributed by atoms with Crippen molar-refractivity contribution in [2.45, 2.75) is 19.0 Å². The minimum absolute atomic E-state index is 0.00323. The Morgan fingerprint density at radius 3 is 2.92 bits per heavy atom. The zero-order valence-corrected chi connectivity index (χ0v) is 13.5. The van der Waals surface area contributed by atoms with Crippen LogP contribution in [0.3, 0.4) is 0 Å². The fourth-order valence-electron chi connectivity index (χ4n) is 2.80. The lowest BCUT2D eigenvalue weighted by Gasteiger charge is -2.33. The van der Waals surface area contributed by atoms with Gasteiger partial charge in [-0.05, 0) is 18.1 Å². The highest BCUT2D eigenvalue weighted by atomic mass is 16.5. The number of hydrogen-bond acceptors (Lipinski definition) is 6. The maximum Gasteiger partial charge on any atom is 0.242 e. The van der Waals surface area contributed by atoms with E-state index in [2.05, 4.69) is 25.5 Å². The van der Waals surface area contributed by atoms with Crippen LogP contribution in [0, 0.1) is 0 Å². The monoisotopic (exact) mass is 330 g/mol. The molecule has 2 aromatic heterocycles. The lowest BCUT2D eigenvalue weighted by Crippen LogP contribution is -2.46. The standard InChI is InChI=1S/C16H22N6O2/c23-16(18-5-2-7-22-8-6-19-20-22)15(14-3-1-4-17-13-14)21-9-11-24-12-10-21/h1,3-4,6,8,13,15H,2,5,7,9-12H2,(H,18,23). The molecule has 0 aliphatic carbocycles. The van der Waals surface area contributed by atoms with Crippen molar-refractivity contribution in [3.05, 3.63) is 42.5 Å². The van der Waals surface area contributed by atoms with E-state index in [1.165, 1.54) is 0 Å². The third-order valence-electron chi connectivity index (χ3n) is 3.99. The van der Waals surface area contributed by atoms with E-state index in [4.69, 9.17) is 4.74 Å². The largest absolute Gasteiger partial charge is 0.379 e. The average molecular weight is 330 g/mol. The lowest BCUT2D eigenvalue weighted by atomic mass is 10.1. The molecular formula is C16H22N6O2. The van der Waals surface area contributed by atoms with Crippen LogP contribution in [0.4, 0.5) is 0 Å². The molecule has 0 saturated carbocycles. The van der Waals surface area contributed by atoms with Gasteiger partial charge in [0.25, 0.3) is 0 Å². The van der Waals surface area contributed by atoms with Gasteiger partial charge in [0.2, 0.25) is 5.91 Å². The Morgan fingerprint density at radius 2 is 2.21 bits per heavy atom. The number of pyridine rings is 1. The molecule has 1 unspecified atom stereocenters. The van der Waals surface area contributed by atoms with E-state index in [0.717, 1.165) is 31.6 Å². The third kappa shape index (κ3) is 4.36. The average Bonchev–Trinajstić information content (AvgIpc) is 3.14. The zero-order valence-electron chi connectivity index (χ0n) is 13.5. The van der Waals surface area contributed by atoms with Gasteiger partial charge >= 0.3 is 0 Å². The number of aromatic nitrogens is 4. The van der Waals surface area contributed by atoms with Crippen molar-refractivity contribution in [2.75, 3.05) is 32.8 Å². The zero-order chi connectivity index (χ0) is 16.6. The Labute approximate surface area is 140 Å². The molecule has 1 N–H and O–H groups in total. The lowest BCUT2D eigenvalue weighted by molar-refractivity contribution is -0.128. The fraction of sp³-hybridized carbons (Fsp3) is 0.500. The molecule has 1 saturated heterocycles. The first kappa shape index (κ1) is 16.5. The van der Waals surface area contributed by atoms with Gasteiger partial charge in [-0.15, -0.1) is 5.10 Å². The first-order valence-corrected chi connectivity index (χ1v) is 8.18. The van der Waals surface area contributed by atoms with E-state index in [9.17, 15) is 4.79 Å². The van der Waals surface area contributed by atoms with E-state index >= 15 is 0 Å². The molecule has 0 radical (unpaired) electrons. The molecule has 0 bridgehead atoms. The number of ether oxygens (including phenoxy) is 1. The summed E-state index contributed by atoms with van der Waals surface area (Å²) in [7, 11) is 0. The fourth-order valence-corrected chi connectivity index (χ4v) is 2.80. The van der Waals surface area contributed by atoms with Gasteiger partial charge in [-0.3, -0.25) is 19.4 Å². The smallest absolute Gasteiger partial charge is 0.242 e. The van der Waals surface area contributed by atoms with Crippen molar-refractivity contribution >= 4 is 5.91 Å². The third-order valence-corrected chi connectivity index (χ3v) is 3.99. The van der Waals surface area contributed by atoms with Gasteiger partial charge in [-0.1, -0.05) is 11.3 Å². The Morgan fingerprint density at radius 1 is 1.33 bits per heavy atom. The summed E-state index contributed by atoms with van der Waals surface area (Å²) in [6.45, 7) is 4.11. The normalized spacial score (nSPS) is 16.7. The van der Waals surface area contributed by atoms with Crippen LogP contribution in [0.15, 0.2) is 36.9 Å². The highest BCUT2D eigenvalue weighted by molar-refractivity contribution is 5.83. The van der Waals surface area contributed by atoms with Crippen LogP contribution in [0.1, 0.15) is 18.0 Å². The molecule has 0 aromatic carbocycles. The SMILES string of the molecule is O=C(NCCCn1ccnn1)C(c1cccnc1)N1CCOCC1. The van der Waals surface area contributed by atoms with Gasteiger partial charge in [-0.25, -0.2) is 0 Å². The molecule has 2 aromatic rings. The maximum absolute atomic E-state index is 12.7. The minimum atomic E-state index is -0.325. The summed E-state index contributed by atoms with van der Waals surface area (Å²) in [5.74, 6) is 0.00323. The number of nitrogens with zero attached hydrogens (tertiary/aromatic N) is 5. The number of carbonyl (C=O) groups is 1. The van der Waals surface area contributed by atoms with Gasteiger partial charge in [0.1, 0.15) is 6.04 Å². The second kappa shape index (κ2) is 8.51. The van der Waals surface area contributed by atoms with Crippen LogP contribution in [-0.2, 0) is 16.1 Å². The predicted octanol–water partition coefficient (Wildman–Crippen LogP) is 0.253. The van der Waals surface area contributed by atoms with Crippen molar-refractivity contribution in [3.8, 4) is 0 Å². The molecule has 1 aliphatic heterocycles. The maximum atomic E-state index is 12.7. The summed E-state index contributed by atoms with van der Waals surface area (Å²) in [4.78, 5) is 19.1. The number of carbonyl (C=O) groups excluding carboxylic acids is 1. The molecule has 3 heterocycles. The van der Waals surface area contributed by atoms with Crippen molar-refractivity contribution in [2.24, 2.45) is 0 Å². The minimum Gasteiger partial charge on any atom is -0.379 e. The number of nitrogens with one attached hydrogen (secondary N) is 1. The Kier molecular flexibility index (Phi) is 5.86. The summed E-state index contributed by atoms with van der Waals surface area (Å²) in [6.07, 6.45) is 7.74. The molecule has 128 valence electrons. The molecule has 1 amide bonds. The van der Waals surface area contributed by atoms with Crippen molar-refractivity contribution in [1.29, 1.82) is 0 Å². The molecule has 0 spiro atoms. The summed E-state index contributed by atoms with van der Waals surface area (Å²) in [5.41, 5.74) is 0.910. The molecule has 24 heavy (non-hydrogen) atoms. The first-order chi connectivity index (χ1) is 11.8. The molecule has 3 rings (SSSR count). The van der Waals surface area contributed by atoms with Crippen molar-refractivity contribution in [3.63, 3.8) is 0 Å². The van der Waals surface area contributed by atoms with Crippen LogP contribution in [0.25, 0.3) is 0 Å². The van der Waals surface area contributed by atoms with E-state index < -0.39 is 0 Å². The second-order valence-electron chi connectivity index (χ2n) is 5.65. The molecule has 1 fully saturated rings. The number of aryl methyl sites for hydroxylation is 1. The summed E-state index contributed by atoms with van der Waals surface area (Å²) in [5, 5.41) is 10.7. The van der Waals surface area contributed by atoms with Crippen molar-refractivity contribution < 1.29 is 9.53 Å². The van der Waals surface area contributed by atoms with Gasteiger partial charge in [0.15, 0.2) is 0 Å². The topological polar surface area (TPSA) is 85.2 Å².